The molecule has 138 valence electrons. The summed E-state index contributed by atoms with van der Waals surface area (Å²) in [5.74, 6) is 0.735. The monoisotopic (exact) mass is 356 g/mol. The van der Waals surface area contributed by atoms with Crippen molar-refractivity contribution in [1.82, 2.24) is 0 Å². The van der Waals surface area contributed by atoms with Crippen molar-refractivity contribution in [3.63, 3.8) is 0 Å². The number of hydrogen-bond acceptors (Lipinski definition) is 0. The van der Waals surface area contributed by atoms with E-state index in [0.29, 0.717) is 0 Å². The van der Waals surface area contributed by atoms with Crippen LogP contribution in [-0.2, 0) is 7.05 Å². The fraction of sp³-hybridized carbons (Fsp3) is 0.346. The van der Waals surface area contributed by atoms with Gasteiger partial charge >= 0.3 is 0 Å². The molecule has 1 heteroatoms. The molecule has 0 radical (unpaired) electrons. The number of aromatic nitrogens is 1. The van der Waals surface area contributed by atoms with Crippen molar-refractivity contribution >= 4 is 0 Å². The molecule has 0 saturated heterocycles. The molecule has 0 N–H and O–H groups in total. The Morgan fingerprint density at radius 2 is 1.48 bits per heavy atom. The summed E-state index contributed by atoms with van der Waals surface area (Å²) in [7, 11) is 2.17. The van der Waals surface area contributed by atoms with E-state index in [1.54, 1.807) is 0 Å². The second-order valence-electron chi connectivity index (χ2n) is 8.08. The van der Waals surface area contributed by atoms with Gasteiger partial charge in [-0.15, -0.1) is 0 Å². The molecular weight excluding hydrogens is 326 g/mol. The fourth-order valence-electron chi connectivity index (χ4n) is 4.62. The molecule has 1 nitrogen and oxygen atoms in total. The SMILES string of the molecule is Cc1ccccc1-c1cccc(-c2cc(C3CCCCC3)cc[n+]2C)c1C. The number of benzene rings is 2. The van der Waals surface area contributed by atoms with Gasteiger partial charge in [0.05, 0.1) is 0 Å². The largest absolute Gasteiger partial charge is 0.212 e. The minimum absolute atomic E-state index is 0.735. The molecule has 1 aromatic heterocycles. The zero-order valence-electron chi connectivity index (χ0n) is 16.8. The number of hydrogen-bond donors (Lipinski definition) is 0. The van der Waals surface area contributed by atoms with Gasteiger partial charge < -0.3 is 0 Å². The Kier molecular flexibility index (Phi) is 5.11. The maximum Gasteiger partial charge on any atom is 0.212 e. The van der Waals surface area contributed by atoms with Crippen LogP contribution in [0.4, 0.5) is 0 Å². The van der Waals surface area contributed by atoms with Crippen molar-refractivity contribution in [3.8, 4) is 22.4 Å². The standard InChI is InChI=1S/C26H30N/c1-19-10-7-8-13-23(19)24-14-9-15-25(20(24)2)26-18-22(16-17-27(26)3)21-11-5-4-6-12-21/h7-10,13-18,21H,4-6,11-12H2,1-3H3/q+1. The molecule has 0 aliphatic heterocycles. The van der Waals surface area contributed by atoms with E-state index in [1.807, 2.05) is 0 Å². The topological polar surface area (TPSA) is 3.88 Å². The molecule has 1 aliphatic carbocycles. The minimum atomic E-state index is 0.735. The van der Waals surface area contributed by atoms with E-state index in [2.05, 4.69) is 86.3 Å². The molecule has 0 unspecified atom stereocenters. The molecule has 1 saturated carbocycles. The lowest BCUT2D eigenvalue weighted by atomic mass is 9.83. The molecule has 0 bridgehead atoms. The highest BCUT2D eigenvalue weighted by Gasteiger charge is 2.21. The smallest absolute Gasteiger partial charge is 0.201 e. The van der Waals surface area contributed by atoms with Gasteiger partial charge in [-0.2, -0.15) is 0 Å². The van der Waals surface area contributed by atoms with Crippen molar-refractivity contribution in [2.75, 3.05) is 0 Å². The van der Waals surface area contributed by atoms with Crippen molar-refractivity contribution in [2.24, 2.45) is 7.05 Å². The van der Waals surface area contributed by atoms with Gasteiger partial charge in [-0.1, -0.05) is 55.7 Å². The van der Waals surface area contributed by atoms with Crippen LogP contribution in [0.5, 0.6) is 0 Å². The van der Waals surface area contributed by atoms with Gasteiger partial charge in [0.2, 0.25) is 5.69 Å². The minimum Gasteiger partial charge on any atom is -0.201 e. The first-order chi connectivity index (χ1) is 13.1. The molecular formula is C26H30N+. The van der Waals surface area contributed by atoms with Crippen LogP contribution in [0.2, 0.25) is 0 Å². The maximum absolute atomic E-state index is 2.44. The van der Waals surface area contributed by atoms with Crippen molar-refractivity contribution in [2.45, 2.75) is 51.9 Å². The predicted octanol–water partition coefficient (Wildman–Crippen LogP) is 6.51. The maximum atomic E-state index is 2.44. The van der Waals surface area contributed by atoms with E-state index in [4.69, 9.17) is 0 Å². The zero-order valence-corrected chi connectivity index (χ0v) is 16.8. The number of rotatable bonds is 3. The summed E-state index contributed by atoms with van der Waals surface area (Å²) in [5.41, 5.74) is 9.56. The lowest BCUT2D eigenvalue weighted by molar-refractivity contribution is -0.660. The summed E-state index contributed by atoms with van der Waals surface area (Å²) in [6, 6.07) is 20.2. The predicted molar refractivity (Wildman–Crippen MR) is 114 cm³/mol. The highest BCUT2D eigenvalue weighted by atomic mass is 14.9. The van der Waals surface area contributed by atoms with Gasteiger partial charge in [-0.3, -0.25) is 0 Å². The first-order valence-corrected chi connectivity index (χ1v) is 10.3. The normalized spacial score (nSPS) is 15.1. The Bertz CT molecular complexity index is 948. The van der Waals surface area contributed by atoms with E-state index < -0.39 is 0 Å². The molecule has 1 heterocycles. The zero-order chi connectivity index (χ0) is 18.8. The summed E-state index contributed by atoms with van der Waals surface area (Å²) < 4.78 is 2.27. The molecule has 0 atom stereocenters. The van der Waals surface area contributed by atoms with Crippen LogP contribution in [0.3, 0.4) is 0 Å². The molecule has 4 rings (SSSR count). The van der Waals surface area contributed by atoms with Crippen LogP contribution >= 0.6 is 0 Å². The molecule has 3 aromatic rings. The van der Waals surface area contributed by atoms with Gasteiger partial charge in [-0.25, -0.2) is 4.57 Å². The van der Waals surface area contributed by atoms with E-state index in [9.17, 15) is 0 Å². The van der Waals surface area contributed by atoms with Gasteiger partial charge in [0.15, 0.2) is 6.20 Å². The summed E-state index contributed by atoms with van der Waals surface area (Å²) in [6.45, 7) is 4.47. The second-order valence-corrected chi connectivity index (χ2v) is 8.08. The van der Waals surface area contributed by atoms with E-state index in [1.165, 1.54) is 71.2 Å². The summed E-state index contributed by atoms with van der Waals surface area (Å²) in [5, 5.41) is 0. The lowest BCUT2D eigenvalue weighted by Gasteiger charge is -2.22. The quantitative estimate of drug-likeness (QED) is 0.471. The Balaban J connectivity index is 1.80. The molecule has 27 heavy (non-hydrogen) atoms. The summed E-state index contributed by atoms with van der Waals surface area (Å²) in [6.07, 6.45) is 9.09. The number of nitrogens with zero attached hydrogens (tertiary/aromatic N) is 1. The van der Waals surface area contributed by atoms with E-state index in [-0.39, 0.29) is 0 Å². The van der Waals surface area contributed by atoms with Crippen molar-refractivity contribution in [3.05, 3.63) is 77.5 Å². The van der Waals surface area contributed by atoms with Gasteiger partial charge in [0.25, 0.3) is 0 Å². The van der Waals surface area contributed by atoms with Crippen LogP contribution in [-0.4, -0.2) is 0 Å². The molecule has 1 aliphatic rings. The second kappa shape index (κ2) is 7.68. The Hall–Kier alpha value is -2.41. The molecule has 0 spiro atoms. The average molecular weight is 357 g/mol. The van der Waals surface area contributed by atoms with Crippen LogP contribution in [0.1, 0.15) is 54.7 Å². The third-order valence-electron chi connectivity index (χ3n) is 6.30. The first kappa shape index (κ1) is 18.0. The van der Waals surface area contributed by atoms with E-state index in [0.717, 1.165) is 5.92 Å². The number of pyridine rings is 1. The third kappa shape index (κ3) is 3.56. The van der Waals surface area contributed by atoms with Gasteiger partial charge in [0, 0.05) is 17.7 Å². The summed E-state index contributed by atoms with van der Waals surface area (Å²) >= 11 is 0. The van der Waals surface area contributed by atoms with Crippen LogP contribution in [0, 0.1) is 13.8 Å². The number of aryl methyl sites for hydroxylation is 2. The summed E-state index contributed by atoms with van der Waals surface area (Å²) in [4.78, 5) is 0. The third-order valence-corrected chi connectivity index (χ3v) is 6.30. The Morgan fingerprint density at radius 1 is 0.778 bits per heavy atom. The van der Waals surface area contributed by atoms with Crippen molar-refractivity contribution < 1.29 is 4.57 Å². The van der Waals surface area contributed by atoms with Crippen LogP contribution < -0.4 is 4.57 Å². The lowest BCUT2D eigenvalue weighted by Crippen LogP contribution is -2.31. The molecule has 0 amide bonds. The van der Waals surface area contributed by atoms with Gasteiger partial charge in [-0.05, 0) is 66.5 Å². The highest BCUT2D eigenvalue weighted by Crippen LogP contribution is 2.35. The Labute approximate surface area is 163 Å². The fourth-order valence-corrected chi connectivity index (χ4v) is 4.62. The van der Waals surface area contributed by atoms with E-state index >= 15 is 0 Å². The molecule has 2 aromatic carbocycles. The Morgan fingerprint density at radius 3 is 2.26 bits per heavy atom. The highest BCUT2D eigenvalue weighted by molar-refractivity contribution is 5.77. The van der Waals surface area contributed by atoms with Crippen LogP contribution in [0.25, 0.3) is 22.4 Å². The average Bonchev–Trinajstić information content (AvgIpc) is 2.70. The first-order valence-electron chi connectivity index (χ1n) is 10.3. The van der Waals surface area contributed by atoms with Gasteiger partial charge in [0.1, 0.15) is 7.05 Å². The van der Waals surface area contributed by atoms with Crippen LogP contribution in [0.15, 0.2) is 60.8 Å². The van der Waals surface area contributed by atoms with Crippen molar-refractivity contribution in [1.29, 1.82) is 0 Å². The molecule has 1 fully saturated rings.